The third-order valence-electron chi connectivity index (χ3n) is 2.48. The first-order valence-corrected chi connectivity index (χ1v) is 7.14. The smallest absolute Gasteiger partial charge is 0.416 e. The summed E-state index contributed by atoms with van der Waals surface area (Å²) in [6.07, 6.45) is 2.95. The van der Waals surface area contributed by atoms with Crippen molar-refractivity contribution in [3.05, 3.63) is 22.9 Å². The SMILES string of the molecule is CCCCCC(=O)N1CCOC1=O.c1ccsc1. The Morgan fingerprint density at radius 3 is 2.56 bits per heavy atom. The molecule has 5 heteroatoms. The van der Waals surface area contributed by atoms with Crippen molar-refractivity contribution in [2.24, 2.45) is 0 Å². The Kier molecular flexibility index (Phi) is 7.10. The van der Waals surface area contributed by atoms with Gasteiger partial charge in [-0.2, -0.15) is 11.3 Å². The van der Waals surface area contributed by atoms with Gasteiger partial charge in [-0.25, -0.2) is 9.69 Å². The highest BCUT2D eigenvalue weighted by Crippen LogP contribution is 2.08. The van der Waals surface area contributed by atoms with Crippen molar-refractivity contribution in [3.8, 4) is 0 Å². The second-order valence-electron chi connectivity index (χ2n) is 3.91. The number of hydrogen-bond donors (Lipinski definition) is 0. The van der Waals surface area contributed by atoms with Gasteiger partial charge in [0, 0.05) is 6.42 Å². The maximum absolute atomic E-state index is 11.4. The molecule has 0 unspecified atom stereocenters. The minimum Gasteiger partial charge on any atom is -0.447 e. The van der Waals surface area contributed by atoms with Crippen LogP contribution in [0.15, 0.2) is 22.9 Å². The van der Waals surface area contributed by atoms with E-state index in [4.69, 9.17) is 0 Å². The zero-order valence-electron chi connectivity index (χ0n) is 10.6. The van der Waals surface area contributed by atoms with E-state index < -0.39 is 6.09 Å². The fourth-order valence-electron chi connectivity index (χ4n) is 1.51. The summed E-state index contributed by atoms with van der Waals surface area (Å²) in [5.74, 6) is -0.101. The van der Waals surface area contributed by atoms with E-state index in [-0.39, 0.29) is 5.91 Å². The predicted octanol–water partition coefficient (Wildman–Crippen LogP) is 3.29. The van der Waals surface area contributed by atoms with E-state index in [9.17, 15) is 9.59 Å². The van der Waals surface area contributed by atoms with Crippen LogP contribution in [-0.2, 0) is 9.53 Å². The number of imide groups is 1. The zero-order chi connectivity index (χ0) is 13.2. The van der Waals surface area contributed by atoms with Crippen LogP contribution >= 0.6 is 11.3 Å². The number of ether oxygens (including phenoxy) is 1. The number of carbonyl (C=O) groups excluding carboxylic acids is 2. The summed E-state index contributed by atoms with van der Waals surface area (Å²) >= 11 is 1.71. The number of rotatable bonds is 4. The number of unbranched alkanes of at least 4 members (excludes halogenated alkanes) is 2. The lowest BCUT2D eigenvalue weighted by Gasteiger charge is -2.09. The van der Waals surface area contributed by atoms with Gasteiger partial charge in [-0.1, -0.05) is 31.9 Å². The summed E-state index contributed by atoms with van der Waals surface area (Å²) < 4.78 is 4.66. The molecule has 100 valence electrons. The van der Waals surface area contributed by atoms with Crippen LogP contribution in [0.5, 0.6) is 0 Å². The summed E-state index contributed by atoms with van der Waals surface area (Å²) in [7, 11) is 0. The first-order valence-electron chi connectivity index (χ1n) is 6.20. The molecule has 0 N–H and O–H groups in total. The molecule has 1 aromatic rings. The molecule has 0 saturated carbocycles. The molecule has 0 aliphatic carbocycles. The average Bonchev–Trinajstić information content (AvgIpc) is 3.02. The van der Waals surface area contributed by atoms with Gasteiger partial charge in [-0.3, -0.25) is 4.79 Å². The molecule has 0 spiro atoms. The molecule has 0 aromatic carbocycles. The number of cyclic esters (lactones) is 1. The second kappa shape index (κ2) is 8.69. The van der Waals surface area contributed by atoms with Gasteiger partial charge in [0.2, 0.25) is 5.91 Å². The van der Waals surface area contributed by atoms with Crippen LogP contribution < -0.4 is 0 Å². The maximum atomic E-state index is 11.4. The first-order chi connectivity index (χ1) is 8.75. The van der Waals surface area contributed by atoms with Crippen molar-refractivity contribution in [2.75, 3.05) is 13.2 Å². The minimum atomic E-state index is -0.485. The molecular weight excluding hydrogens is 250 g/mol. The fourth-order valence-corrected chi connectivity index (χ4v) is 1.96. The Morgan fingerprint density at radius 2 is 2.11 bits per heavy atom. The molecule has 1 aliphatic heterocycles. The Bertz CT molecular complexity index is 334. The van der Waals surface area contributed by atoms with Crippen LogP contribution in [-0.4, -0.2) is 30.1 Å². The lowest BCUT2D eigenvalue weighted by Crippen LogP contribution is -2.31. The number of carbonyl (C=O) groups is 2. The minimum absolute atomic E-state index is 0.101. The van der Waals surface area contributed by atoms with Crippen LogP contribution in [0.2, 0.25) is 0 Å². The van der Waals surface area contributed by atoms with E-state index in [1.807, 2.05) is 22.9 Å². The number of thiophene rings is 1. The first kappa shape index (κ1) is 14.7. The summed E-state index contributed by atoms with van der Waals surface area (Å²) in [6, 6.07) is 4.04. The van der Waals surface area contributed by atoms with Gasteiger partial charge in [0.25, 0.3) is 0 Å². The van der Waals surface area contributed by atoms with Gasteiger partial charge < -0.3 is 4.74 Å². The van der Waals surface area contributed by atoms with Crippen LogP contribution in [0.1, 0.15) is 32.6 Å². The number of amides is 2. The normalized spacial score (nSPS) is 13.8. The zero-order valence-corrected chi connectivity index (χ0v) is 11.4. The Labute approximate surface area is 112 Å². The maximum Gasteiger partial charge on any atom is 0.416 e. The lowest BCUT2D eigenvalue weighted by atomic mass is 10.2. The van der Waals surface area contributed by atoms with E-state index in [0.29, 0.717) is 19.6 Å². The van der Waals surface area contributed by atoms with Gasteiger partial charge >= 0.3 is 6.09 Å². The highest BCUT2D eigenvalue weighted by Gasteiger charge is 2.27. The molecule has 18 heavy (non-hydrogen) atoms. The number of nitrogens with zero attached hydrogens (tertiary/aromatic N) is 1. The molecule has 0 bridgehead atoms. The van der Waals surface area contributed by atoms with Crippen molar-refractivity contribution in [2.45, 2.75) is 32.6 Å². The molecule has 2 rings (SSSR count). The molecule has 2 amide bonds. The van der Waals surface area contributed by atoms with E-state index >= 15 is 0 Å². The standard InChI is InChI=1S/C9H15NO3.C4H4S/c1-2-3-4-5-8(11)10-6-7-13-9(10)12;1-2-4-5-3-1/h2-7H2,1H3;1-4H. The van der Waals surface area contributed by atoms with Crippen LogP contribution in [0.25, 0.3) is 0 Å². The van der Waals surface area contributed by atoms with E-state index in [1.54, 1.807) is 11.3 Å². The van der Waals surface area contributed by atoms with Crippen molar-refractivity contribution in [1.29, 1.82) is 0 Å². The second-order valence-corrected chi connectivity index (χ2v) is 4.73. The molecule has 1 aliphatic rings. The fraction of sp³-hybridized carbons (Fsp3) is 0.538. The molecule has 1 aromatic heterocycles. The van der Waals surface area contributed by atoms with Gasteiger partial charge in [0.1, 0.15) is 6.61 Å². The van der Waals surface area contributed by atoms with E-state index in [2.05, 4.69) is 11.7 Å². The van der Waals surface area contributed by atoms with Crippen molar-refractivity contribution >= 4 is 23.3 Å². The Balaban J connectivity index is 0.000000269. The molecule has 1 saturated heterocycles. The predicted molar refractivity (Wildman–Crippen MR) is 71.5 cm³/mol. The average molecular weight is 269 g/mol. The van der Waals surface area contributed by atoms with Gasteiger partial charge in [0.15, 0.2) is 0 Å². The summed E-state index contributed by atoms with van der Waals surface area (Å²) in [5.41, 5.74) is 0. The van der Waals surface area contributed by atoms with Gasteiger partial charge in [-0.05, 0) is 17.2 Å². The topological polar surface area (TPSA) is 46.6 Å². The van der Waals surface area contributed by atoms with Crippen LogP contribution in [0, 0.1) is 0 Å². The molecule has 0 atom stereocenters. The van der Waals surface area contributed by atoms with Crippen molar-refractivity contribution < 1.29 is 14.3 Å². The molecule has 2 heterocycles. The van der Waals surface area contributed by atoms with Crippen molar-refractivity contribution in [3.63, 3.8) is 0 Å². The highest BCUT2D eigenvalue weighted by atomic mass is 32.1. The summed E-state index contributed by atoms with van der Waals surface area (Å²) in [5, 5.41) is 4.08. The molecule has 4 nitrogen and oxygen atoms in total. The third-order valence-corrected chi connectivity index (χ3v) is 3.11. The van der Waals surface area contributed by atoms with Crippen LogP contribution in [0.3, 0.4) is 0 Å². The highest BCUT2D eigenvalue weighted by molar-refractivity contribution is 7.07. The quantitative estimate of drug-likeness (QED) is 0.788. The third kappa shape index (κ3) is 5.31. The number of hydrogen-bond acceptors (Lipinski definition) is 4. The van der Waals surface area contributed by atoms with Crippen LogP contribution in [0.4, 0.5) is 4.79 Å². The molecule has 0 radical (unpaired) electrons. The lowest BCUT2D eigenvalue weighted by molar-refractivity contribution is -0.127. The van der Waals surface area contributed by atoms with E-state index in [1.165, 1.54) is 4.90 Å². The van der Waals surface area contributed by atoms with Gasteiger partial charge in [-0.15, -0.1) is 0 Å². The van der Waals surface area contributed by atoms with E-state index in [0.717, 1.165) is 19.3 Å². The Morgan fingerprint density at radius 1 is 1.39 bits per heavy atom. The molecule has 1 fully saturated rings. The largest absolute Gasteiger partial charge is 0.447 e. The Hall–Kier alpha value is -1.36. The summed E-state index contributed by atoms with van der Waals surface area (Å²) in [4.78, 5) is 23.5. The molecular formula is C13H19NO3S. The van der Waals surface area contributed by atoms with Gasteiger partial charge in [0.05, 0.1) is 6.54 Å². The van der Waals surface area contributed by atoms with Crippen molar-refractivity contribution in [1.82, 2.24) is 4.90 Å². The summed E-state index contributed by atoms with van der Waals surface area (Å²) in [6.45, 7) is 2.84. The monoisotopic (exact) mass is 269 g/mol.